The van der Waals surface area contributed by atoms with Gasteiger partial charge >= 0.3 is 0 Å². The summed E-state index contributed by atoms with van der Waals surface area (Å²) in [6, 6.07) is 17.5. The summed E-state index contributed by atoms with van der Waals surface area (Å²) in [7, 11) is 0. The number of hydrogen-bond donors (Lipinski definition) is 2. The van der Waals surface area contributed by atoms with Crippen LogP contribution in [-0.2, 0) is 6.42 Å². The van der Waals surface area contributed by atoms with Crippen LogP contribution in [0.1, 0.15) is 74.9 Å². The average molecular weight is 480 g/mol. The van der Waals surface area contributed by atoms with Crippen LogP contribution in [0.5, 0.6) is 5.75 Å². The molecule has 0 spiro atoms. The zero-order valence-corrected chi connectivity index (χ0v) is 21.7. The van der Waals surface area contributed by atoms with Crippen molar-refractivity contribution >= 4 is 5.91 Å². The minimum atomic E-state index is -0.721. The SMILES string of the molecule is CCCN(CCC)C(=O)c1ccc(OCC(O)CNC(C)(C)CCCc2ccccc2)c(C#N)c1. The van der Waals surface area contributed by atoms with E-state index in [2.05, 4.69) is 49.5 Å². The number of aliphatic hydroxyl groups is 1. The van der Waals surface area contributed by atoms with Gasteiger partial charge in [-0.1, -0.05) is 44.2 Å². The Labute approximate surface area is 210 Å². The van der Waals surface area contributed by atoms with E-state index in [-0.39, 0.29) is 18.1 Å². The Bertz CT molecular complexity index is 947. The molecular formula is C29H41N3O3. The molecular weight excluding hydrogens is 438 g/mol. The Kier molecular flexibility index (Phi) is 11.8. The second kappa shape index (κ2) is 14.5. The number of aryl methyl sites for hydroxylation is 1. The van der Waals surface area contributed by atoms with Crippen LogP contribution < -0.4 is 10.1 Å². The van der Waals surface area contributed by atoms with Gasteiger partial charge in [0.25, 0.3) is 5.91 Å². The second-order valence-corrected chi connectivity index (χ2v) is 9.68. The predicted octanol–water partition coefficient (Wildman–Crippen LogP) is 4.95. The van der Waals surface area contributed by atoms with Crippen LogP contribution in [0.4, 0.5) is 0 Å². The summed E-state index contributed by atoms with van der Waals surface area (Å²) < 4.78 is 5.75. The van der Waals surface area contributed by atoms with Crippen LogP contribution in [0.2, 0.25) is 0 Å². The normalized spacial score (nSPS) is 12.1. The highest BCUT2D eigenvalue weighted by atomic mass is 16.5. The summed E-state index contributed by atoms with van der Waals surface area (Å²) in [5.41, 5.74) is 2.00. The fraction of sp³-hybridized carbons (Fsp3) is 0.517. The first-order valence-electron chi connectivity index (χ1n) is 12.7. The van der Waals surface area contributed by atoms with Crippen molar-refractivity contribution in [2.75, 3.05) is 26.2 Å². The number of carbonyl (C=O) groups excluding carboxylic acids is 1. The topological polar surface area (TPSA) is 85.6 Å². The molecule has 0 aliphatic rings. The van der Waals surface area contributed by atoms with Gasteiger partial charge in [-0.3, -0.25) is 4.79 Å². The average Bonchev–Trinajstić information content (AvgIpc) is 2.86. The summed E-state index contributed by atoms with van der Waals surface area (Å²) >= 11 is 0. The molecule has 0 saturated carbocycles. The highest BCUT2D eigenvalue weighted by Gasteiger charge is 2.20. The van der Waals surface area contributed by atoms with Crippen molar-refractivity contribution in [3.8, 4) is 11.8 Å². The number of nitrogens with one attached hydrogen (secondary N) is 1. The number of β-amino-alcohol motifs (C(OH)–C–C–N with tert-alkyl or cyclic N) is 1. The van der Waals surface area contributed by atoms with Crippen LogP contribution in [0.3, 0.4) is 0 Å². The lowest BCUT2D eigenvalue weighted by molar-refractivity contribution is 0.0755. The van der Waals surface area contributed by atoms with E-state index in [0.717, 1.165) is 32.1 Å². The summed E-state index contributed by atoms with van der Waals surface area (Å²) in [6.07, 6.45) is 4.11. The van der Waals surface area contributed by atoms with Crippen molar-refractivity contribution in [3.63, 3.8) is 0 Å². The van der Waals surface area contributed by atoms with Gasteiger partial charge < -0.3 is 20.1 Å². The van der Waals surface area contributed by atoms with E-state index in [0.29, 0.717) is 36.5 Å². The molecule has 1 amide bonds. The maximum Gasteiger partial charge on any atom is 0.253 e. The van der Waals surface area contributed by atoms with Crippen molar-refractivity contribution in [3.05, 3.63) is 65.2 Å². The molecule has 0 saturated heterocycles. The minimum Gasteiger partial charge on any atom is -0.489 e. The number of nitrogens with zero attached hydrogens (tertiary/aromatic N) is 2. The molecule has 0 bridgehead atoms. The number of rotatable bonds is 15. The van der Waals surface area contributed by atoms with Crippen molar-refractivity contribution < 1.29 is 14.6 Å². The van der Waals surface area contributed by atoms with E-state index in [9.17, 15) is 15.2 Å². The molecule has 0 aromatic heterocycles. The molecule has 0 aliphatic heterocycles. The Morgan fingerprint density at radius 1 is 1.14 bits per heavy atom. The van der Waals surface area contributed by atoms with Crippen molar-refractivity contribution in [1.82, 2.24) is 10.2 Å². The van der Waals surface area contributed by atoms with Crippen LogP contribution in [-0.4, -0.2) is 53.8 Å². The van der Waals surface area contributed by atoms with Gasteiger partial charge in [0.15, 0.2) is 0 Å². The molecule has 0 aliphatic carbocycles. The van der Waals surface area contributed by atoms with Crippen molar-refractivity contribution in [1.29, 1.82) is 5.26 Å². The number of nitriles is 1. The van der Waals surface area contributed by atoms with E-state index in [1.54, 1.807) is 18.2 Å². The molecule has 0 radical (unpaired) electrons. The number of amides is 1. The zero-order valence-electron chi connectivity index (χ0n) is 21.7. The number of benzene rings is 2. The third-order valence-corrected chi connectivity index (χ3v) is 5.98. The maximum atomic E-state index is 12.8. The maximum absolute atomic E-state index is 12.8. The van der Waals surface area contributed by atoms with E-state index in [4.69, 9.17) is 4.74 Å². The monoisotopic (exact) mass is 479 g/mol. The molecule has 35 heavy (non-hydrogen) atoms. The number of ether oxygens (including phenoxy) is 1. The highest BCUT2D eigenvalue weighted by molar-refractivity contribution is 5.94. The van der Waals surface area contributed by atoms with Gasteiger partial charge in [0.05, 0.1) is 5.56 Å². The van der Waals surface area contributed by atoms with E-state index >= 15 is 0 Å². The summed E-state index contributed by atoms with van der Waals surface area (Å²) in [6.45, 7) is 10.2. The van der Waals surface area contributed by atoms with Gasteiger partial charge in [-0.2, -0.15) is 5.26 Å². The Hall–Kier alpha value is -2.88. The molecule has 0 heterocycles. The molecule has 2 aromatic carbocycles. The molecule has 1 unspecified atom stereocenters. The standard InChI is InChI=1S/C29H41N3O3/c1-5-17-32(18-6-2)28(34)24-14-15-27(25(19-24)20-30)35-22-26(33)21-31-29(3,4)16-10-13-23-11-8-7-9-12-23/h7-9,11-12,14-15,19,26,31,33H,5-6,10,13,16-18,21-22H2,1-4H3. The Morgan fingerprint density at radius 3 is 2.46 bits per heavy atom. The minimum absolute atomic E-state index is 0.0624. The molecule has 1 atom stereocenters. The number of hydrogen-bond acceptors (Lipinski definition) is 5. The smallest absolute Gasteiger partial charge is 0.253 e. The molecule has 190 valence electrons. The fourth-order valence-electron chi connectivity index (χ4n) is 4.02. The molecule has 2 aromatic rings. The Balaban J connectivity index is 1.85. The van der Waals surface area contributed by atoms with Crippen LogP contribution >= 0.6 is 0 Å². The molecule has 6 nitrogen and oxygen atoms in total. The third-order valence-electron chi connectivity index (χ3n) is 5.98. The van der Waals surface area contributed by atoms with Gasteiger partial charge in [-0.15, -0.1) is 0 Å². The van der Waals surface area contributed by atoms with Crippen LogP contribution in [0, 0.1) is 11.3 Å². The molecule has 0 fully saturated rings. The number of aliphatic hydroxyl groups excluding tert-OH is 1. The summed E-state index contributed by atoms with van der Waals surface area (Å²) in [4.78, 5) is 14.6. The fourth-order valence-corrected chi connectivity index (χ4v) is 4.02. The van der Waals surface area contributed by atoms with E-state index in [1.807, 2.05) is 24.8 Å². The lowest BCUT2D eigenvalue weighted by atomic mass is 9.95. The molecule has 2 rings (SSSR count). The van der Waals surface area contributed by atoms with E-state index in [1.165, 1.54) is 5.56 Å². The first kappa shape index (κ1) is 28.4. The third kappa shape index (κ3) is 9.71. The van der Waals surface area contributed by atoms with Crippen LogP contribution in [0.25, 0.3) is 0 Å². The van der Waals surface area contributed by atoms with Crippen molar-refractivity contribution in [2.24, 2.45) is 0 Å². The first-order valence-corrected chi connectivity index (χ1v) is 12.7. The van der Waals surface area contributed by atoms with Crippen LogP contribution in [0.15, 0.2) is 48.5 Å². The Morgan fingerprint density at radius 2 is 1.83 bits per heavy atom. The van der Waals surface area contributed by atoms with Gasteiger partial charge in [0.2, 0.25) is 0 Å². The summed E-state index contributed by atoms with van der Waals surface area (Å²) in [5, 5.41) is 23.4. The lowest BCUT2D eigenvalue weighted by Crippen LogP contribution is -2.44. The second-order valence-electron chi connectivity index (χ2n) is 9.68. The highest BCUT2D eigenvalue weighted by Crippen LogP contribution is 2.21. The first-order chi connectivity index (χ1) is 16.8. The van der Waals surface area contributed by atoms with Gasteiger partial charge in [-0.05, 0) is 69.7 Å². The molecule has 2 N–H and O–H groups in total. The predicted molar refractivity (Wildman–Crippen MR) is 141 cm³/mol. The van der Waals surface area contributed by atoms with E-state index < -0.39 is 6.10 Å². The van der Waals surface area contributed by atoms with Gasteiger partial charge in [-0.25, -0.2) is 0 Å². The largest absolute Gasteiger partial charge is 0.489 e. The van der Waals surface area contributed by atoms with Gasteiger partial charge in [0, 0.05) is 30.7 Å². The van der Waals surface area contributed by atoms with Crippen molar-refractivity contribution in [2.45, 2.75) is 71.4 Å². The lowest BCUT2D eigenvalue weighted by Gasteiger charge is -2.28. The quantitative estimate of drug-likeness (QED) is 0.377. The van der Waals surface area contributed by atoms with Gasteiger partial charge in [0.1, 0.15) is 24.5 Å². The number of carbonyl (C=O) groups is 1. The zero-order chi connectivity index (χ0) is 25.7. The summed E-state index contributed by atoms with van der Waals surface area (Å²) in [5.74, 6) is 0.304. The molecule has 6 heteroatoms.